The molecule has 1 rings (SSSR count). The number of rotatable bonds is 3. The molecule has 0 unspecified atom stereocenters. The fourth-order valence-electron chi connectivity index (χ4n) is 1.16. The minimum Gasteiger partial charge on any atom is -0.463 e. The SMILES string of the molecule is CCOC(=O)/C(C)=C/c1ccc(Cl)cc1Cl. The van der Waals surface area contributed by atoms with Crippen molar-refractivity contribution in [1.29, 1.82) is 0 Å². The molecule has 2 nitrogen and oxygen atoms in total. The summed E-state index contributed by atoms with van der Waals surface area (Å²) in [5.74, 6) is -0.339. The van der Waals surface area contributed by atoms with E-state index in [1.165, 1.54) is 0 Å². The Morgan fingerprint density at radius 3 is 2.69 bits per heavy atom. The first kappa shape index (κ1) is 13.1. The molecular formula is C12H12Cl2O2. The van der Waals surface area contributed by atoms with Crippen molar-refractivity contribution in [3.63, 3.8) is 0 Å². The van der Waals surface area contributed by atoms with Gasteiger partial charge in [0, 0.05) is 15.6 Å². The minimum atomic E-state index is -0.339. The first-order valence-electron chi connectivity index (χ1n) is 4.85. The summed E-state index contributed by atoms with van der Waals surface area (Å²) in [5.41, 5.74) is 1.25. The summed E-state index contributed by atoms with van der Waals surface area (Å²) >= 11 is 11.7. The Morgan fingerprint density at radius 2 is 2.12 bits per heavy atom. The number of halogens is 2. The van der Waals surface area contributed by atoms with Gasteiger partial charge in [0.25, 0.3) is 0 Å². The normalized spacial score (nSPS) is 11.4. The van der Waals surface area contributed by atoms with Gasteiger partial charge in [0.2, 0.25) is 0 Å². The number of ether oxygens (including phenoxy) is 1. The quantitative estimate of drug-likeness (QED) is 0.606. The molecule has 0 amide bonds. The third-order valence-corrected chi connectivity index (χ3v) is 2.49. The number of hydrogen-bond donors (Lipinski definition) is 0. The van der Waals surface area contributed by atoms with E-state index in [1.807, 2.05) is 0 Å². The maximum atomic E-state index is 11.4. The van der Waals surface area contributed by atoms with E-state index in [4.69, 9.17) is 27.9 Å². The number of hydrogen-bond acceptors (Lipinski definition) is 2. The molecule has 0 radical (unpaired) electrons. The number of carbonyl (C=O) groups excluding carboxylic acids is 1. The van der Waals surface area contributed by atoms with E-state index < -0.39 is 0 Å². The summed E-state index contributed by atoms with van der Waals surface area (Å²) in [6, 6.07) is 5.11. The van der Waals surface area contributed by atoms with Gasteiger partial charge in [-0.25, -0.2) is 4.79 Å². The number of carbonyl (C=O) groups is 1. The largest absolute Gasteiger partial charge is 0.463 e. The highest BCUT2D eigenvalue weighted by atomic mass is 35.5. The summed E-state index contributed by atoms with van der Waals surface area (Å²) in [4.78, 5) is 11.4. The lowest BCUT2D eigenvalue weighted by molar-refractivity contribution is -0.138. The maximum Gasteiger partial charge on any atom is 0.333 e. The maximum absolute atomic E-state index is 11.4. The molecule has 0 spiro atoms. The number of benzene rings is 1. The Bertz CT molecular complexity index is 425. The van der Waals surface area contributed by atoms with Gasteiger partial charge in [0.1, 0.15) is 0 Å². The molecular weight excluding hydrogens is 247 g/mol. The van der Waals surface area contributed by atoms with Gasteiger partial charge in [-0.05, 0) is 37.6 Å². The van der Waals surface area contributed by atoms with Crippen LogP contribution in [0.1, 0.15) is 19.4 Å². The lowest BCUT2D eigenvalue weighted by Gasteiger charge is -2.03. The van der Waals surface area contributed by atoms with Crippen LogP contribution in [0.25, 0.3) is 6.08 Å². The second-order valence-electron chi connectivity index (χ2n) is 3.21. The fourth-order valence-corrected chi connectivity index (χ4v) is 1.62. The van der Waals surface area contributed by atoms with Crippen LogP contribution in [0.2, 0.25) is 10.0 Å². The molecule has 0 atom stereocenters. The summed E-state index contributed by atoms with van der Waals surface area (Å²) in [6.45, 7) is 3.81. The lowest BCUT2D eigenvalue weighted by atomic mass is 10.1. The summed E-state index contributed by atoms with van der Waals surface area (Å²) < 4.78 is 4.86. The predicted molar refractivity (Wildman–Crippen MR) is 66.7 cm³/mol. The third kappa shape index (κ3) is 3.54. The van der Waals surface area contributed by atoms with Crippen molar-refractivity contribution in [2.75, 3.05) is 6.61 Å². The highest BCUT2D eigenvalue weighted by Crippen LogP contribution is 2.23. The molecule has 86 valence electrons. The summed E-state index contributed by atoms with van der Waals surface area (Å²) in [7, 11) is 0. The lowest BCUT2D eigenvalue weighted by Crippen LogP contribution is -2.04. The molecule has 0 aliphatic heterocycles. The van der Waals surface area contributed by atoms with Crippen molar-refractivity contribution in [3.05, 3.63) is 39.4 Å². The van der Waals surface area contributed by atoms with Gasteiger partial charge in [-0.2, -0.15) is 0 Å². The zero-order valence-corrected chi connectivity index (χ0v) is 10.6. The zero-order chi connectivity index (χ0) is 12.1. The molecule has 0 heterocycles. The summed E-state index contributed by atoms with van der Waals surface area (Å²) in [6.07, 6.45) is 1.68. The van der Waals surface area contributed by atoms with Crippen molar-refractivity contribution in [2.45, 2.75) is 13.8 Å². The van der Waals surface area contributed by atoms with Gasteiger partial charge < -0.3 is 4.74 Å². The first-order chi connectivity index (χ1) is 7.54. The van der Waals surface area contributed by atoms with Gasteiger partial charge in [-0.15, -0.1) is 0 Å². The van der Waals surface area contributed by atoms with Crippen molar-refractivity contribution < 1.29 is 9.53 Å². The van der Waals surface area contributed by atoms with Crippen LogP contribution >= 0.6 is 23.2 Å². The molecule has 0 fully saturated rings. The van der Waals surface area contributed by atoms with Crippen LogP contribution in [0.4, 0.5) is 0 Å². The van der Waals surface area contributed by atoms with Crippen molar-refractivity contribution in [1.82, 2.24) is 0 Å². The zero-order valence-electron chi connectivity index (χ0n) is 9.09. The van der Waals surface area contributed by atoms with E-state index in [9.17, 15) is 4.79 Å². The van der Waals surface area contributed by atoms with Crippen LogP contribution in [0, 0.1) is 0 Å². The Morgan fingerprint density at radius 1 is 1.44 bits per heavy atom. The van der Waals surface area contributed by atoms with Crippen LogP contribution in [-0.2, 0) is 9.53 Å². The van der Waals surface area contributed by atoms with Gasteiger partial charge in [-0.3, -0.25) is 0 Å². The molecule has 0 bridgehead atoms. The van der Waals surface area contributed by atoms with Gasteiger partial charge in [0.15, 0.2) is 0 Å². The molecule has 0 aliphatic carbocycles. The van der Waals surface area contributed by atoms with Crippen molar-refractivity contribution in [2.24, 2.45) is 0 Å². The fraction of sp³-hybridized carbons (Fsp3) is 0.250. The number of esters is 1. The van der Waals surface area contributed by atoms with E-state index in [0.717, 1.165) is 5.56 Å². The van der Waals surface area contributed by atoms with Crippen molar-refractivity contribution >= 4 is 35.2 Å². The monoisotopic (exact) mass is 258 g/mol. The van der Waals surface area contributed by atoms with Gasteiger partial charge >= 0.3 is 5.97 Å². The smallest absolute Gasteiger partial charge is 0.333 e. The standard InChI is InChI=1S/C12H12Cl2O2/c1-3-16-12(15)8(2)6-9-4-5-10(13)7-11(9)14/h4-7H,3H2,1-2H3/b8-6+. The topological polar surface area (TPSA) is 26.3 Å². The Balaban J connectivity index is 2.94. The van der Waals surface area contributed by atoms with Crippen LogP contribution in [0.15, 0.2) is 23.8 Å². The average Bonchev–Trinajstić information content (AvgIpc) is 2.22. The second kappa shape index (κ2) is 5.92. The highest BCUT2D eigenvalue weighted by molar-refractivity contribution is 6.35. The molecule has 1 aromatic carbocycles. The van der Waals surface area contributed by atoms with Gasteiger partial charge in [0.05, 0.1) is 6.61 Å². The predicted octanol–water partition coefficient (Wildman–Crippen LogP) is 3.96. The highest BCUT2D eigenvalue weighted by Gasteiger charge is 2.06. The molecule has 0 aromatic heterocycles. The van der Waals surface area contributed by atoms with E-state index in [-0.39, 0.29) is 5.97 Å². The van der Waals surface area contributed by atoms with E-state index in [1.54, 1.807) is 38.1 Å². The van der Waals surface area contributed by atoms with Crippen LogP contribution < -0.4 is 0 Å². The second-order valence-corrected chi connectivity index (χ2v) is 4.06. The molecule has 16 heavy (non-hydrogen) atoms. The summed E-state index contributed by atoms with van der Waals surface area (Å²) in [5, 5.41) is 1.08. The van der Waals surface area contributed by atoms with Crippen LogP contribution in [-0.4, -0.2) is 12.6 Å². The molecule has 0 saturated carbocycles. The first-order valence-corrected chi connectivity index (χ1v) is 5.60. The van der Waals surface area contributed by atoms with Gasteiger partial charge in [-0.1, -0.05) is 29.3 Å². The van der Waals surface area contributed by atoms with Crippen LogP contribution in [0.5, 0.6) is 0 Å². The molecule has 0 saturated heterocycles. The third-order valence-electron chi connectivity index (χ3n) is 1.93. The van der Waals surface area contributed by atoms with E-state index in [0.29, 0.717) is 22.2 Å². The Labute approximate surface area is 105 Å². The van der Waals surface area contributed by atoms with Crippen molar-refractivity contribution in [3.8, 4) is 0 Å². The molecule has 0 N–H and O–H groups in total. The Kier molecular flexibility index (Phi) is 4.84. The minimum absolute atomic E-state index is 0.339. The average molecular weight is 259 g/mol. The Hall–Kier alpha value is -0.990. The molecule has 4 heteroatoms. The molecule has 1 aromatic rings. The molecule has 0 aliphatic rings. The van der Waals surface area contributed by atoms with E-state index >= 15 is 0 Å². The van der Waals surface area contributed by atoms with Crippen LogP contribution in [0.3, 0.4) is 0 Å². The van der Waals surface area contributed by atoms with E-state index in [2.05, 4.69) is 0 Å².